The first-order chi connectivity index (χ1) is 13.5. The second-order valence-corrected chi connectivity index (χ2v) is 9.07. The van der Waals surface area contributed by atoms with Crippen LogP contribution in [0.4, 0.5) is 0 Å². The third-order valence-corrected chi connectivity index (χ3v) is 8.09. The molecule has 4 rings (SSSR count). The minimum absolute atomic E-state index is 0.0678. The highest BCUT2D eigenvalue weighted by Gasteiger charge is 2.57. The number of carbonyl (C=O) groups is 1. The van der Waals surface area contributed by atoms with Crippen LogP contribution >= 0.6 is 0 Å². The van der Waals surface area contributed by atoms with Crippen molar-refractivity contribution >= 4 is 5.97 Å². The van der Waals surface area contributed by atoms with Gasteiger partial charge in [0.15, 0.2) is 0 Å². The highest BCUT2D eigenvalue weighted by Crippen LogP contribution is 2.64. The highest BCUT2D eigenvalue weighted by atomic mass is 16.5. The van der Waals surface area contributed by atoms with E-state index >= 15 is 0 Å². The monoisotopic (exact) mass is 381 g/mol. The number of hydrogen-bond donors (Lipinski definition) is 0. The van der Waals surface area contributed by atoms with Gasteiger partial charge in [0.05, 0.1) is 19.8 Å². The average molecular weight is 382 g/mol. The van der Waals surface area contributed by atoms with Crippen molar-refractivity contribution in [2.75, 3.05) is 13.7 Å². The number of esters is 1. The van der Waals surface area contributed by atoms with Gasteiger partial charge >= 0.3 is 5.97 Å². The summed E-state index contributed by atoms with van der Waals surface area (Å²) < 4.78 is 10.7. The normalized spacial score (nSPS) is 34.4. The number of fused-ring (bicyclic) bond motifs is 5. The third-order valence-electron chi connectivity index (χ3n) is 8.09. The van der Waals surface area contributed by atoms with Gasteiger partial charge in [0.1, 0.15) is 11.7 Å². The molecule has 0 saturated heterocycles. The summed E-state index contributed by atoms with van der Waals surface area (Å²) in [5.41, 5.74) is 3.02. The summed E-state index contributed by atoms with van der Waals surface area (Å²) >= 11 is 0. The predicted octanol–water partition coefficient (Wildman–Crippen LogP) is 4.87. The fourth-order valence-electron chi connectivity index (χ4n) is 6.81. The topological polar surface area (TPSA) is 59.3 Å². The molecule has 0 aliphatic heterocycles. The summed E-state index contributed by atoms with van der Waals surface area (Å²) in [6.45, 7) is 4.50. The zero-order valence-corrected chi connectivity index (χ0v) is 17.2. The minimum Gasteiger partial charge on any atom is -0.497 e. The van der Waals surface area contributed by atoms with Gasteiger partial charge in [0, 0.05) is 0 Å². The summed E-state index contributed by atoms with van der Waals surface area (Å²) in [6, 6.07) is 8.88. The molecular formula is C24H31NO3. The van der Waals surface area contributed by atoms with Gasteiger partial charge < -0.3 is 9.47 Å². The number of benzene rings is 1. The first-order valence-corrected chi connectivity index (χ1v) is 10.8. The highest BCUT2D eigenvalue weighted by molar-refractivity contribution is 5.75. The van der Waals surface area contributed by atoms with E-state index in [0.717, 1.165) is 37.9 Å². The maximum absolute atomic E-state index is 12.4. The molecule has 0 heterocycles. The van der Waals surface area contributed by atoms with Crippen LogP contribution in [0.2, 0.25) is 0 Å². The predicted molar refractivity (Wildman–Crippen MR) is 107 cm³/mol. The quantitative estimate of drug-likeness (QED) is 0.698. The van der Waals surface area contributed by atoms with Gasteiger partial charge in [-0.05, 0) is 97.8 Å². The van der Waals surface area contributed by atoms with Crippen molar-refractivity contribution in [2.24, 2.45) is 29.1 Å². The fourth-order valence-corrected chi connectivity index (χ4v) is 6.81. The molecule has 0 N–H and O–H groups in total. The van der Waals surface area contributed by atoms with Gasteiger partial charge in [0.25, 0.3) is 0 Å². The first kappa shape index (κ1) is 19.3. The van der Waals surface area contributed by atoms with Gasteiger partial charge in [-0.25, -0.2) is 0 Å². The van der Waals surface area contributed by atoms with Crippen molar-refractivity contribution in [2.45, 2.75) is 58.3 Å². The molecular weight excluding hydrogens is 350 g/mol. The molecule has 3 aliphatic rings. The number of hydrogen-bond acceptors (Lipinski definition) is 4. The van der Waals surface area contributed by atoms with E-state index in [9.17, 15) is 10.1 Å². The minimum atomic E-state index is -0.619. The van der Waals surface area contributed by atoms with Crippen molar-refractivity contribution in [1.29, 1.82) is 5.26 Å². The Balaban J connectivity index is 1.60. The molecule has 0 radical (unpaired) electrons. The van der Waals surface area contributed by atoms with Gasteiger partial charge in [-0.2, -0.15) is 5.26 Å². The number of nitrogens with zero attached hydrogens (tertiary/aromatic N) is 1. The van der Waals surface area contributed by atoms with Gasteiger partial charge in [0.2, 0.25) is 0 Å². The Morgan fingerprint density at radius 3 is 2.86 bits per heavy atom. The van der Waals surface area contributed by atoms with Crippen LogP contribution in [0.3, 0.4) is 0 Å². The zero-order chi connectivity index (χ0) is 19.9. The molecule has 2 fully saturated rings. The third kappa shape index (κ3) is 2.91. The van der Waals surface area contributed by atoms with E-state index < -0.39 is 5.92 Å². The van der Waals surface area contributed by atoms with Crippen LogP contribution in [-0.2, 0) is 16.0 Å². The largest absolute Gasteiger partial charge is 0.497 e. The lowest BCUT2D eigenvalue weighted by Gasteiger charge is -2.51. The van der Waals surface area contributed by atoms with Crippen molar-refractivity contribution in [3.8, 4) is 11.8 Å². The van der Waals surface area contributed by atoms with Crippen LogP contribution in [0.25, 0.3) is 0 Å². The van der Waals surface area contributed by atoms with Crippen molar-refractivity contribution < 1.29 is 14.3 Å². The SMILES string of the molecule is CCOC(=O)C(C#N)[C@H]1CC[C@H]2[C@@H]3CCc4cc(OC)ccc4[C@H]3CC[C@]12C. The smallest absolute Gasteiger partial charge is 0.323 e. The second kappa shape index (κ2) is 7.43. The number of ether oxygens (including phenoxy) is 2. The van der Waals surface area contributed by atoms with Crippen LogP contribution in [0.15, 0.2) is 18.2 Å². The molecule has 1 aromatic carbocycles. The van der Waals surface area contributed by atoms with E-state index in [1.165, 1.54) is 17.5 Å². The number of methoxy groups -OCH3 is 1. The van der Waals surface area contributed by atoms with Crippen LogP contribution in [0.1, 0.15) is 63.0 Å². The molecule has 4 nitrogen and oxygen atoms in total. The lowest BCUT2D eigenvalue weighted by molar-refractivity contribution is -0.149. The van der Waals surface area contributed by atoms with E-state index in [4.69, 9.17) is 9.47 Å². The lowest BCUT2D eigenvalue weighted by atomic mass is 9.53. The Labute approximate surface area is 168 Å². The molecule has 3 aliphatic carbocycles. The molecule has 28 heavy (non-hydrogen) atoms. The van der Waals surface area contributed by atoms with Crippen molar-refractivity contribution in [3.63, 3.8) is 0 Å². The molecule has 4 heteroatoms. The van der Waals surface area contributed by atoms with Crippen molar-refractivity contribution in [3.05, 3.63) is 29.3 Å². The van der Waals surface area contributed by atoms with E-state index in [1.54, 1.807) is 7.11 Å². The summed E-state index contributed by atoms with van der Waals surface area (Å²) in [5.74, 6) is 1.99. The number of rotatable bonds is 4. The number of aryl methyl sites for hydroxylation is 1. The van der Waals surface area contributed by atoms with Crippen LogP contribution < -0.4 is 4.74 Å². The average Bonchev–Trinajstić information content (AvgIpc) is 3.05. The Kier molecular flexibility index (Phi) is 5.12. The maximum Gasteiger partial charge on any atom is 0.323 e. The summed E-state index contributed by atoms with van der Waals surface area (Å²) in [4.78, 5) is 12.4. The van der Waals surface area contributed by atoms with E-state index in [-0.39, 0.29) is 17.3 Å². The molecule has 0 spiro atoms. The van der Waals surface area contributed by atoms with Gasteiger partial charge in [-0.1, -0.05) is 13.0 Å². The van der Waals surface area contributed by atoms with E-state index in [1.807, 2.05) is 6.92 Å². The van der Waals surface area contributed by atoms with E-state index in [0.29, 0.717) is 24.4 Å². The summed E-state index contributed by atoms with van der Waals surface area (Å²) in [7, 11) is 1.73. The summed E-state index contributed by atoms with van der Waals surface area (Å²) in [5, 5.41) is 9.74. The molecule has 2 saturated carbocycles. The van der Waals surface area contributed by atoms with Crippen LogP contribution in [-0.4, -0.2) is 19.7 Å². The Hall–Kier alpha value is -2.02. The molecule has 1 unspecified atom stereocenters. The molecule has 6 atom stereocenters. The van der Waals surface area contributed by atoms with Gasteiger partial charge in [-0.15, -0.1) is 0 Å². The Bertz CT molecular complexity index is 798. The molecule has 0 aromatic heterocycles. The Morgan fingerprint density at radius 2 is 2.14 bits per heavy atom. The lowest BCUT2D eigenvalue weighted by Crippen LogP contribution is -2.44. The van der Waals surface area contributed by atoms with E-state index in [2.05, 4.69) is 31.2 Å². The van der Waals surface area contributed by atoms with Crippen LogP contribution in [0.5, 0.6) is 5.75 Å². The van der Waals surface area contributed by atoms with Crippen LogP contribution in [0, 0.1) is 40.4 Å². The molecule has 0 bridgehead atoms. The molecule has 0 amide bonds. The number of nitriles is 1. The fraction of sp³-hybridized carbons (Fsp3) is 0.667. The zero-order valence-electron chi connectivity index (χ0n) is 17.2. The first-order valence-electron chi connectivity index (χ1n) is 10.8. The second-order valence-electron chi connectivity index (χ2n) is 9.07. The maximum atomic E-state index is 12.4. The summed E-state index contributed by atoms with van der Waals surface area (Å²) in [6.07, 6.45) is 6.64. The standard InChI is InChI=1S/C24H31NO3/c1-4-28-23(26)20(14-25)22-10-9-21-19-7-5-15-13-16(27-3)6-8-17(15)18(19)11-12-24(21,22)2/h6,8,13,18-22H,4-5,7,9-12H2,1-3H3/t18-,19-,20?,21+,22-,24+/m1/s1. The molecule has 1 aromatic rings. The number of carbonyl (C=O) groups excluding carboxylic acids is 1. The van der Waals surface area contributed by atoms with Gasteiger partial charge in [-0.3, -0.25) is 4.79 Å². The van der Waals surface area contributed by atoms with Crippen molar-refractivity contribution in [1.82, 2.24) is 0 Å². The Morgan fingerprint density at radius 1 is 1.32 bits per heavy atom. The molecule has 150 valence electrons.